The first kappa shape index (κ1) is 25.0. The van der Waals surface area contributed by atoms with Gasteiger partial charge < -0.3 is 5.32 Å². The molecular formula is C21H30BrF3N2S. The zero-order chi connectivity index (χ0) is 21.9. The fourth-order valence-corrected chi connectivity index (χ4v) is 4.02. The monoisotopic (exact) mass is 478 g/mol. The number of fused-ring (bicyclic) bond motifs is 1. The van der Waals surface area contributed by atoms with Gasteiger partial charge in [-0.25, -0.2) is 0 Å². The third-order valence-electron chi connectivity index (χ3n) is 5.10. The number of nitrogens with one attached hydrogen (secondary N) is 1. The lowest BCUT2D eigenvalue weighted by Crippen LogP contribution is -2.49. The molecule has 28 heavy (non-hydrogen) atoms. The lowest BCUT2D eigenvalue weighted by atomic mass is 9.80. The quantitative estimate of drug-likeness (QED) is 0.400. The molecule has 0 aromatic carbocycles. The number of allylic oxidation sites excluding steroid dienone is 5. The van der Waals surface area contributed by atoms with E-state index in [0.29, 0.717) is 21.2 Å². The molecule has 0 saturated carbocycles. The van der Waals surface area contributed by atoms with Crippen molar-refractivity contribution in [1.82, 2.24) is 10.2 Å². The maximum absolute atomic E-state index is 13.3. The highest BCUT2D eigenvalue weighted by molar-refractivity contribution is 9.11. The number of thiocarbonyl (C=S) groups is 1. The van der Waals surface area contributed by atoms with Gasteiger partial charge in [0.25, 0.3) is 0 Å². The summed E-state index contributed by atoms with van der Waals surface area (Å²) in [5.41, 5.74) is 0.565. The van der Waals surface area contributed by atoms with Gasteiger partial charge in [0.2, 0.25) is 0 Å². The standard InChI is InChI=1S/C17H18BrF3N2S.2C2H6/c1-9-4-5-14(16(9,2)3)23-11-6-10(17(19,20)21)7-12(18)13(8-11)22-15(23)24;2*1-2/h5-9,13H,4H2,1-3H3,(H,22,24);2*1-2H3. The molecule has 0 aromatic heterocycles. The van der Waals surface area contributed by atoms with Crippen LogP contribution in [0.1, 0.15) is 54.9 Å². The third kappa shape index (κ3) is 4.90. The van der Waals surface area contributed by atoms with Gasteiger partial charge in [-0.05, 0) is 42.8 Å². The number of hydrogen-bond acceptors (Lipinski definition) is 1. The van der Waals surface area contributed by atoms with Crippen LogP contribution in [0, 0.1) is 11.3 Å². The first-order chi connectivity index (χ1) is 13.0. The first-order valence-corrected chi connectivity index (χ1v) is 10.9. The Morgan fingerprint density at radius 2 is 1.75 bits per heavy atom. The molecule has 2 nitrogen and oxygen atoms in total. The van der Waals surface area contributed by atoms with Gasteiger partial charge in [0, 0.05) is 21.3 Å². The molecule has 2 aliphatic carbocycles. The molecule has 2 unspecified atom stereocenters. The molecule has 3 aliphatic rings. The zero-order valence-electron chi connectivity index (χ0n) is 17.5. The smallest absolute Gasteiger partial charge is 0.351 e. The molecule has 158 valence electrons. The van der Waals surface area contributed by atoms with Crippen LogP contribution in [0.2, 0.25) is 0 Å². The summed E-state index contributed by atoms with van der Waals surface area (Å²) in [7, 11) is 0. The van der Waals surface area contributed by atoms with Gasteiger partial charge in [0.1, 0.15) is 0 Å². The number of hydrogen-bond donors (Lipinski definition) is 1. The highest BCUT2D eigenvalue weighted by Crippen LogP contribution is 2.47. The molecule has 0 aromatic rings. The van der Waals surface area contributed by atoms with Gasteiger partial charge in [-0.2, -0.15) is 13.2 Å². The molecule has 0 radical (unpaired) electrons. The number of nitrogens with zero attached hydrogens (tertiary/aromatic N) is 1. The van der Waals surface area contributed by atoms with Crippen molar-refractivity contribution >= 4 is 33.3 Å². The first-order valence-electron chi connectivity index (χ1n) is 9.71. The molecule has 0 saturated heterocycles. The topological polar surface area (TPSA) is 15.3 Å². The summed E-state index contributed by atoms with van der Waals surface area (Å²) >= 11 is 8.72. The van der Waals surface area contributed by atoms with E-state index in [2.05, 4.69) is 48.1 Å². The number of halogens is 4. The molecule has 1 aliphatic heterocycles. The van der Waals surface area contributed by atoms with Crippen molar-refractivity contribution in [1.29, 1.82) is 0 Å². The van der Waals surface area contributed by atoms with Crippen LogP contribution in [0.3, 0.4) is 0 Å². The van der Waals surface area contributed by atoms with Crippen molar-refractivity contribution in [2.24, 2.45) is 11.3 Å². The molecule has 1 N–H and O–H groups in total. The maximum Gasteiger partial charge on any atom is 0.416 e. The van der Waals surface area contributed by atoms with Crippen LogP contribution in [0.15, 0.2) is 45.8 Å². The summed E-state index contributed by atoms with van der Waals surface area (Å²) in [5.74, 6) is 0.398. The Bertz CT molecular complexity index is 718. The molecule has 0 amide bonds. The number of alkyl halides is 3. The predicted molar refractivity (Wildman–Crippen MR) is 119 cm³/mol. The van der Waals surface area contributed by atoms with Gasteiger partial charge in [0.15, 0.2) is 5.11 Å². The third-order valence-corrected chi connectivity index (χ3v) is 6.12. The summed E-state index contributed by atoms with van der Waals surface area (Å²) in [4.78, 5) is 1.75. The minimum atomic E-state index is -4.42. The number of rotatable bonds is 1. The molecule has 2 bridgehead atoms. The highest BCUT2D eigenvalue weighted by atomic mass is 79.9. The molecule has 1 heterocycles. The predicted octanol–water partition coefficient (Wildman–Crippen LogP) is 7.21. The van der Waals surface area contributed by atoms with E-state index in [0.717, 1.165) is 18.2 Å². The fourth-order valence-electron chi connectivity index (χ4n) is 3.19. The van der Waals surface area contributed by atoms with Gasteiger partial charge in [0.05, 0.1) is 11.6 Å². The summed E-state index contributed by atoms with van der Waals surface area (Å²) in [6.45, 7) is 14.3. The van der Waals surface area contributed by atoms with Crippen LogP contribution >= 0.6 is 28.1 Å². The summed E-state index contributed by atoms with van der Waals surface area (Å²) < 4.78 is 40.4. The second-order valence-electron chi connectivity index (χ2n) is 6.93. The van der Waals surface area contributed by atoms with E-state index >= 15 is 0 Å². The Labute approximate surface area is 180 Å². The van der Waals surface area contributed by atoms with E-state index in [4.69, 9.17) is 12.2 Å². The van der Waals surface area contributed by atoms with E-state index in [1.807, 2.05) is 27.7 Å². The minimum Gasteiger partial charge on any atom is -0.351 e. The molecule has 3 rings (SSSR count). The second-order valence-corrected chi connectivity index (χ2v) is 8.23. The van der Waals surface area contributed by atoms with Crippen LogP contribution in [-0.4, -0.2) is 22.2 Å². The Balaban J connectivity index is 0.000000921. The normalized spacial score (nSPS) is 25.5. The van der Waals surface area contributed by atoms with Crippen molar-refractivity contribution in [3.05, 3.63) is 45.8 Å². The SMILES string of the molecule is CC.CC.CC1CC=C(N2C(=S)NC3C=C2C=C(C(F)(F)F)C=C3Br)C1(C)C. The summed E-state index contributed by atoms with van der Waals surface area (Å²) in [6, 6.07) is -0.387. The fraction of sp³-hybridized carbons (Fsp3) is 0.571. The van der Waals surface area contributed by atoms with Gasteiger partial charge in [-0.3, -0.25) is 4.90 Å². The highest BCUT2D eigenvalue weighted by Gasteiger charge is 2.42. The van der Waals surface area contributed by atoms with E-state index in [9.17, 15) is 13.2 Å². The van der Waals surface area contributed by atoms with Crippen LogP contribution in [0.25, 0.3) is 0 Å². The largest absolute Gasteiger partial charge is 0.416 e. The van der Waals surface area contributed by atoms with Crippen molar-refractivity contribution < 1.29 is 13.2 Å². The van der Waals surface area contributed by atoms with Crippen LogP contribution < -0.4 is 5.32 Å². The molecule has 2 atom stereocenters. The minimum absolute atomic E-state index is 0.164. The molecule has 7 heteroatoms. The molecule has 0 fully saturated rings. The van der Waals surface area contributed by atoms with Gasteiger partial charge in [-0.1, -0.05) is 70.5 Å². The van der Waals surface area contributed by atoms with Gasteiger partial charge in [-0.15, -0.1) is 0 Å². The van der Waals surface area contributed by atoms with Gasteiger partial charge >= 0.3 is 6.18 Å². The van der Waals surface area contributed by atoms with Crippen LogP contribution in [0.4, 0.5) is 13.2 Å². The Morgan fingerprint density at radius 1 is 1.18 bits per heavy atom. The van der Waals surface area contributed by atoms with Crippen LogP contribution in [-0.2, 0) is 0 Å². The molecule has 0 spiro atoms. The lowest BCUT2D eigenvalue weighted by molar-refractivity contribution is -0.0883. The van der Waals surface area contributed by atoms with E-state index in [1.165, 1.54) is 6.08 Å². The van der Waals surface area contributed by atoms with E-state index < -0.39 is 11.7 Å². The van der Waals surface area contributed by atoms with Crippen molar-refractivity contribution in [3.63, 3.8) is 0 Å². The Hall–Kier alpha value is -1.08. The average Bonchev–Trinajstić information content (AvgIpc) is 2.81. The van der Waals surface area contributed by atoms with E-state index in [1.54, 1.807) is 11.0 Å². The molecular weight excluding hydrogens is 449 g/mol. The maximum atomic E-state index is 13.3. The Morgan fingerprint density at radius 3 is 2.21 bits per heavy atom. The summed E-state index contributed by atoms with van der Waals surface area (Å²) in [5, 5.41) is 3.54. The van der Waals surface area contributed by atoms with E-state index in [-0.39, 0.29) is 11.5 Å². The van der Waals surface area contributed by atoms with Crippen molar-refractivity contribution in [2.45, 2.75) is 67.1 Å². The van der Waals surface area contributed by atoms with Crippen LogP contribution in [0.5, 0.6) is 0 Å². The van der Waals surface area contributed by atoms with Crippen molar-refractivity contribution in [3.8, 4) is 0 Å². The Kier molecular flexibility index (Phi) is 8.57. The average molecular weight is 479 g/mol. The zero-order valence-corrected chi connectivity index (χ0v) is 19.9. The summed E-state index contributed by atoms with van der Waals surface area (Å²) in [6.07, 6.45) is 2.61. The van der Waals surface area contributed by atoms with Crippen molar-refractivity contribution in [2.75, 3.05) is 0 Å². The lowest BCUT2D eigenvalue weighted by Gasteiger charge is -2.40. The second kappa shape index (κ2) is 9.61.